The summed E-state index contributed by atoms with van der Waals surface area (Å²) >= 11 is 1.40. The fraction of sp³-hybridized carbons (Fsp3) is 0.417. The molecule has 3 heterocycles. The Hall–Kier alpha value is -2.09. The minimum atomic E-state index is -0.0463. The van der Waals surface area contributed by atoms with E-state index in [9.17, 15) is 4.79 Å². The highest BCUT2D eigenvalue weighted by atomic mass is 32.1. The van der Waals surface area contributed by atoms with Gasteiger partial charge < -0.3 is 0 Å². The zero-order valence-corrected chi connectivity index (χ0v) is 11.9. The summed E-state index contributed by atoms with van der Waals surface area (Å²) in [5.74, 6) is 0.679. The van der Waals surface area contributed by atoms with E-state index >= 15 is 0 Å². The van der Waals surface area contributed by atoms with Crippen LogP contribution in [0.2, 0.25) is 0 Å². The van der Waals surface area contributed by atoms with E-state index in [4.69, 9.17) is 0 Å². The van der Waals surface area contributed by atoms with Crippen molar-refractivity contribution in [1.29, 1.82) is 0 Å². The average molecular weight is 290 g/mol. The molecule has 0 aliphatic heterocycles. The average Bonchev–Trinajstić information content (AvgIpc) is 3.09. The van der Waals surface area contributed by atoms with E-state index in [1.54, 1.807) is 15.6 Å². The van der Waals surface area contributed by atoms with Crippen LogP contribution in [0.25, 0.3) is 10.2 Å². The lowest BCUT2D eigenvalue weighted by molar-refractivity contribution is 0.521. The van der Waals surface area contributed by atoms with Crippen LogP contribution in [0.5, 0.6) is 0 Å². The number of rotatable bonds is 5. The molecule has 3 aromatic heterocycles. The summed E-state index contributed by atoms with van der Waals surface area (Å²) in [6, 6.07) is 1.84. The monoisotopic (exact) mass is 290 g/mol. The summed E-state index contributed by atoms with van der Waals surface area (Å²) < 4.78 is 3.96. The third-order valence-electron chi connectivity index (χ3n) is 3.08. The molecule has 8 heteroatoms. The quantitative estimate of drug-likeness (QED) is 0.707. The van der Waals surface area contributed by atoms with Crippen LogP contribution >= 0.6 is 11.3 Å². The first-order valence-corrected chi connectivity index (χ1v) is 7.35. The Morgan fingerprint density at radius 2 is 2.30 bits per heavy atom. The maximum absolute atomic E-state index is 12.3. The molecular formula is C12H14N6OS. The number of hydrogen-bond acceptors (Lipinski definition) is 6. The van der Waals surface area contributed by atoms with Gasteiger partial charge in [0, 0.05) is 6.54 Å². The first kappa shape index (κ1) is 12.9. The molecule has 0 unspecified atom stereocenters. The lowest BCUT2D eigenvalue weighted by Crippen LogP contribution is -2.22. The van der Waals surface area contributed by atoms with E-state index in [1.807, 2.05) is 11.4 Å². The van der Waals surface area contributed by atoms with E-state index in [-0.39, 0.29) is 5.56 Å². The van der Waals surface area contributed by atoms with Crippen LogP contribution in [0.4, 0.5) is 0 Å². The third-order valence-corrected chi connectivity index (χ3v) is 3.97. The van der Waals surface area contributed by atoms with Crippen molar-refractivity contribution in [1.82, 2.24) is 29.8 Å². The first-order chi connectivity index (χ1) is 9.79. The van der Waals surface area contributed by atoms with E-state index < -0.39 is 0 Å². The molecule has 0 fully saturated rings. The summed E-state index contributed by atoms with van der Waals surface area (Å²) in [5, 5.41) is 13.5. The smallest absolute Gasteiger partial charge is 0.271 e. The molecule has 0 atom stereocenters. The van der Waals surface area contributed by atoms with Gasteiger partial charge in [0.15, 0.2) is 5.82 Å². The Balaban J connectivity index is 1.91. The fourth-order valence-electron chi connectivity index (χ4n) is 1.96. The van der Waals surface area contributed by atoms with Crippen LogP contribution in [0.3, 0.4) is 0 Å². The normalized spacial score (nSPS) is 11.2. The predicted molar refractivity (Wildman–Crippen MR) is 75.7 cm³/mol. The SMILES string of the molecule is CCCCn1nnnc1Cn1cnc2ccsc2c1=O. The topological polar surface area (TPSA) is 78.5 Å². The minimum Gasteiger partial charge on any atom is -0.290 e. The van der Waals surface area contributed by atoms with Gasteiger partial charge in [-0.25, -0.2) is 9.67 Å². The van der Waals surface area contributed by atoms with Crippen LogP contribution in [0, 0.1) is 0 Å². The molecule has 0 N–H and O–H groups in total. The molecule has 0 amide bonds. The van der Waals surface area contributed by atoms with Crippen molar-refractivity contribution in [3.05, 3.63) is 34.0 Å². The molecule has 0 bridgehead atoms. The summed E-state index contributed by atoms with van der Waals surface area (Å²) in [6.45, 7) is 3.22. The number of hydrogen-bond donors (Lipinski definition) is 0. The molecule has 3 aromatic rings. The molecule has 0 aromatic carbocycles. The van der Waals surface area contributed by atoms with E-state index in [0.717, 1.165) is 24.9 Å². The number of aromatic nitrogens is 6. The van der Waals surface area contributed by atoms with Gasteiger partial charge in [-0.2, -0.15) is 0 Å². The van der Waals surface area contributed by atoms with Gasteiger partial charge in [-0.15, -0.1) is 16.4 Å². The van der Waals surface area contributed by atoms with E-state index in [1.165, 1.54) is 11.3 Å². The Labute approximate surface area is 118 Å². The van der Waals surface area contributed by atoms with Crippen LogP contribution in [0.1, 0.15) is 25.6 Å². The van der Waals surface area contributed by atoms with Crippen LogP contribution < -0.4 is 5.56 Å². The second-order valence-corrected chi connectivity index (χ2v) is 5.40. The van der Waals surface area contributed by atoms with Gasteiger partial charge in [0.1, 0.15) is 4.70 Å². The second-order valence-electron chi connectivity index (χ2n) is 4.48. The number of nitrogens with zero attached hydrogens (tertiary/aromatic N) is 6. The molecule has 0 aliphatic rings. The molecule has 0 radical (unpaired) electrons. The van der Waals surface area contributed by atoms with Crippen LogP contribution in [-0.2, 0) is 13.1 Å². The molecular weight excluding hydrogens is 276 g/mol. The zero-order valence-electron chi connectivity index (χ0n) is 11.1. The van der Waals surface area contributed by atoms with Crippen molar-refractivity contribution in [2.24, 2.45) is 0 Å². The van der Waals surface area contributed by atoms with Crippen molar-refractivity contribution in [2.75, 3.05) is 0 Å². The van der Waals surface area contributed by atoms with Crippen molar-refractivity contribution in [3.8, 4) is 0 Å². The molecule has 0 saturated heterocycles. The molecule has 20 heavy (non-hydrogen) atoms. The van der Waals surface area contributed by atoms with Crippen molar-refractivity contribution in [2.45, 2.75) is 32.9 Å². The Kier molecular flexibility index (Phi) is 3.55. The van der Waals surface area contributed by atoms with Crippen molar-refractivity contribution < 1.29 is 0 Å². The molecule has 7 nitrogen and oxygen atoms in total. The van der Waals surface area contributed by atoms with Gasteiger partial charge in [0.05, 0.1) is 18.4 Å². The van der Waals surface area contributed by atoms with Crippen LogP contribution in [0.15, 0.2) is 22.6 Å². The second kappa shape index (κ2) is 5.49. The Bertz CT molecular complexity index is 773. The highest BCUT2D eigenvalue weighted by Gasteiger charge is 2.10. The van der Waals surface area contributed by atoms with E-state index in [2.05, 4.69) is 27.4 Å². The van der Waals surface area contributed by atoms with Crippen molar-refractivity contribution >= 4 is 21.6 Å². The van der Waals surface area contributed by atoms with Crippen molar-refractivity contribution in [3.63, 3.8) is 0 Å². The number of fused-ring (bicyclic) bond motifs is 1. The van der Waals surface area contributed by atoms with Gasteiger partial charge in [-0.3, -0.25) is 9.36 Å². The Morgan fingerprint density at radius 1 is 1.40 bits per heavy atom. The first-order valence-electron chi connectivity index (χ1n) is 6.47. The zero-order chi connectivity index (χ0) is 13.9. The maximum Gasteiger partial charge on any atom is 0.271 e. The van der Waals surface area contributed by atoms with Gasteiger partial charge >= 0.3 is 0 Å². The summed E-state index contributed by atoms with van der Waals surface area (Å²) in [5.41, 5.74) is 0.692. The minimum absolute atomic E-state index is 0.0463. The summed E-state index contributed by atoms with van der Waals surface area (Å²) in [4.78, 5) is 16.6. The highest BCUT2D eigenvalue weighted by Crippen LogP contribution is 2.13. The van der Waals surface area contributed by atoms with Gasteiger partial charge in [-0.1, -0.05) is 13.3 Å². The Morgan fingerprint density at radius 3 is 3.15 bits per heavy atom. The highest BCUT2D eigenvalue weighted by molar-refractivity contribution is 7.17. The predicted octanol–water partition coefficient (Wildman–Crippen LogP) is 1.29. The summed E-state index contributed by atoms with van der Waals surface area (Å²) in [6.07, 6.45) is 3.63. The number of thiophene rings is 1. The standard InChI is InChI=1S/C12H14N6OS/c1-2-3-5-18-10(14-15-16-18)7-17-8-13-9-4-6-20-11(9)12(17)19/h4,6,8H,2-3,5,7H2,1H3. The number of aryl methyl sites for hydroxylation is 1. The molecule has 0 spiro atoms. The molecule has 0 aliphatic carbocycles. The maximum atomic E-state index is 12.3. The third kappa shape index (κ3) is 2.34. The van der Waals surface area contributed by atoms with Crippen LogP contribution in [-0.4, -0.2) is 29.8 Å². The fourth-order valence-corrected chi connectivity index (χ4v) is 2.75. The molecule has 3 rings (SSSR count). The lowest BCUT2D eigenvalue weighted by atomic mass is 10.3. The van der Waals surface area contributed by atoms with Gasteiger partial charge in [-0.05, 0) is 28.3 Å². The summed E-state index contributed by atoms with van der Waals surface area (Å²) in [7, 11) is 0. The van der Waals surface area contributed by atoms with Gasteiger partial charge in [0.25, 0.3) is 5.56 Å². The van der Waals surface area contributed by atoms with E-state index in [0.29, 0.717) is 17.1 Å². The largest absolute Gasteiger partial charge is 0.290 e. The molecule has 0 saturated carbocycles. The van der Waals surface area contributed by atoms with Gasteiger partial charge in [0.2, 0.25) is 0 Å². The lowest BCUT2D eigenvalue weighted by Gasteiger charge is -2.05. The number of unbranched alkanes of at least 4 members (excludes halogenated alkanes) is 1. The molecule has 104 valence electrons. The number of tetrazole rings is 1.